The highest BCUT2D eigenvalue weighted by molar-refractivity contribution is 5.23. The second-order valence-corrected chi connectivity index (χ2v) is 4.14. The van der Waals surface area contributed by atoms with Crippen molar-refractivity contribution < 1.29 is 4.74 Å². The Morgan fingerprint density at radius 1 is 1.20 bits per heavy atom. The zero-order valence-electron chi connectivity index (χ0n) is 10.1. The van der Waals surface area contributed by atoms with Crippen LogP contribution in [-0.4, -0.2) is 19.7 Å². The van der Waals surface area contributed by atoms with Gasteiger partial charge in [-0.05, 0) is 33.4 Å². The summed E-state index contributed by atoms with van der Waals surface area (Å²) in [5.74, 6) is 0. The van der Waals surface area contributed by atoms with E-state index in [0.717, 1.165) is 6.54 Å². The lowest BCUT2D eigenvalue weighted by Gasteiger charge is -2.20. The standard InChI is InChI=1S/C13H21NO/c1-10(2)15-13(9-14-4)12-7-5-11(3)6-8-12/h5-8,10,13-14H,9H2,1-4H3/t13-/m1/s1. The van der Waals surface area contributed by atoms with Gasteiger partial charge in [-0.25, -0.2) is 0 Å². The summed E-state index contributed by atoms with van der Waals surface area (Å²) in [5, 5.41) is 3.16. The molecule has 0 aliphatic rings. The van der Waals surface area contributed by atoms with Crippen molar-refractivity contribution in [3.63, 3.8) is 0 Å². The van der Waals surface area contributed by atoms with Gasteiger partial charge in [0.15, 0.2) is 0 Å². The molecule has 0 spiro atoms. The SMILES string of the molecule is CNC[C@@H](OC(C)C)c1ccc(C)cc1. The zero-order valence-corrected chi connectivity index (χ0v) is 10.1. The van der Waals surface area contributed by atoms with E-state index in [2.05, 4.69) is 50.4 Å². The Hall–Kier alpha value is -0.860. The molecule has 0 aliphatic carbocycles. The van der Waals surface area contributed by atoms with Gasteiger partial charge in [0.1, 0.15) is 0 Å². The molecular formula is C13H21NO. The van der Waals surface area contributed by atoms with Crippen molar-refractivity contribution in [2.24, 2.45) is 0 Å². The average Bonchev–Trinajstić information content (AvgIpc) is 2.17. The maximum absolute atomic E-state index is 5.85. The fraction of sp³-hybridized carbons (Fsp3) is 0.538. The second-order valence-electron chi connectivity index (χ2n) is 4.14. The zero-order chi connectivity index (χ0) is 11.3. The fourth-order valence-electron chi connectivity index (χ4n) is 1.54. The van der Waals surface area contributed by atoms with E-state index in [-0.39, 0.29) is 12.2 Å². The van der Waals surface area contributed by atoms with Gasteiger partial charge in [-0.15, -0.1) is 0 Å². The molecule has 0 heterocycles. The number of likely N-dealkylation sites (N-methyl/N-ethyl adjacent to an activating group) is 1. The van der Waals surface area contributed by atoms with Crippen LogP contribution in [0.25, 0.3) is 0 Å². The average molecular weight is 207 g/mol. The molecule has 1 aromatic carbocycles. The van der Waals surface area contributed by atoms with Crippen LogP contribution in [0.4, 0.5) is 0 Å². The van der Waals surface area contributed by atoms with Gasteiger partial charge in [-0.3, -0.25) is 0 Å². The topological polar surface area (TPSA) is 21.3 Å². The summed E-state index contributed by atoms with van der Waals surface area (Å²) in [6.45, 7) is 7.08. The molecule has 0 unspecified atom stereocenters. The predicted octanol–water partition coefficient (Wildman–Crippen LogP) is 2.68. The summed E-state index contributed by atoms with van der Waals surface area (Å²) in [5.41, 5.74) is 2.52. The molecule has 0 saturated carbocycles. The van der Waals surface area contributed by atoms with Crippen LogP contribution in [-0.2, 0) is 4.74 Å². The monoisotopic (exact) mass is 207 g/mol. The number of benzene rings is 1. The highest BCUT2D eigenvalue weighted by Gasteiger charge is 2.12. The van der Waals surface area contributed by atoms with Gasteiger partial charge in [-0.1, -0.05) is 29.8 Å². The summed E-state index contributed by atoms with van der Waals surface area (Å²) < 4.78 is 5.85. The molecule has 0 aromatic heterocycles. The first-order valence-corrected chi connectivity index (χ1v) is 5.50. The first kappa shape index (κ1) is 12.2. The number of hydrogen-bond donors (Lipinski definition) is 1. The molecule has 1 atom stereocenters. The van der Waals surface area contributed by atoms with E-state index in [1.807, 2.05) is 7.05 Å². The highest BCUT2D eigenvalue weighted by atomic mass is 16.5. The van der Waals surface area contributed by atoms with E-state index in [0.29, 0.717) is 0 Å². The lowest BCUT2D eigenvalue weighted by atomic mass is 10.1. The fourth-order valence-corrected chi connectivity index (χ4v) is 1.54. The van der Waals surface area contributed by atoms with Crippen molar-refractivity contribution in [2.45, 2.75) is 33.0 Å². The minimum absolute atomic E-state index is 0.149. The minimum Gasteiger partial charge on any atom is -0.370 e. The van der Waals surface area contributed by atoms with Crippen molar-refractivity contribution in [1.29, 1.82) is 0 Å². The largest absolute Gasteiger partial charge is 0.370 e. The highest BCUT2D eigenvalue weighted by Crippen LogP contribution is 2.18. The molecule has 0 saturated heterocycles. The van der Waals surface area contributed by atoms with E-state index in [1.54, 1.807) is 0 Å². The normalized spacial score (nSPS) is 13.1. The van der Waals surface area contributed by atoms with Crippen LogP contribution in [0.3, 0.4) is 0 Å². The van der Waals surface area contributed by atoms with E-state index in [9.17, 15) is 0 Å². The smallest absolute Gasteiger partial charge is 0.0952 e. The second kappa shape index (κ2) is 5.89. The molecule has 1 aromatic rings. The molecule has 15 heavy (non-hydrogen) atoms. The third kappa shape index (κ3) is 4.02. The number of hydrogen-bond acceptors (Lipinski definition) is 2. The Morgan fingerprint density at radius 2 is 1.80 bits per heavy atom. The summed E-state index contributed by atoms with van der Waals surface area (Å²) in [6, 6.07) is 8.53. The molecule has 0 aliphatic heterocycles. The van der Waals surface area contributed by atoms with Crippen LogP contribution in [0.2, 0.25) is 0 Å². The first-order valence-electron chi connectivity index (χ1n) is 5.50. The number of rotatable bonds is 5. The van der Waals surface area contributed by atoms with Crippen LogP contribution in [0.1, 0.15) is 31.1 Å². The molecule has 0 radical (unpaired) electrons. The molecular weight excluding hydrogens is 186 g/mol. The third-order valence-corrected chi connectivity index (χ3v) is 2.28. The van der Waals surface area contributed by atoms with Gasteiger partial charge in [0.25, 0.3) is 0 Å². The van der Waals surface area contributed by atoms with Crippen LogP contribution in [0.5, 0.6) is 0 Å². The number of nitrogens with one attached hydrogen (secondary N) is 1. The number of aryl methyl sites for hydroxylation is 1. The lowest BCUT2D eigenvalue weighted by Crippen LogP contribution is -2.22. The van der Waals surface area contributed by atoms with E-state index in [4.69, 9.17) is 4.74 Å². The van der Waals surface area contributed by atoms with Crippen LogP contribution in [0, 0.1) is 6.92 Å². The van der Waals surface area contributed by atoms with Crippen LogP contribution in [0.15, 0.2) is 24.3 Å². The molecule has 1 N–H and O–H groups in total. The summed E-state index contributed by atoms with van der Waals surface area (Å²) >= 11 is 0. The molecule has 0 bridgehead atoms. The van der Waals surface area contributed by atoms with Crippen LogP contribution >= 0.6 is 0 Å². The molecule has 2 heteroatoms. The Balaban J connectivity index is 2.74. The maximum Gasteiger partial charge on any atom is 0.0952 e. The molecule has 84 valence electrons. The maximum atomic E-state index is 5.85. The van der Waals surface area contributed by atoms with Crippen LogP contribution < -0.4 is 5.32 Å². The van der Waals surface area contributed by atoms with Gasteiger partial charge < -0.3 is 10.1 Å². The molecule has 2 nitrogen and oxygen atoms in total. The number of ether oxygens (including phenoxy) is 1. The summed E-state index contributed by atoms with van der Waals surface area (Å²) in [7, 11) is 1.95. The van der Waals surface area contributed by atoms with Gasteiger partial charge >= 0.3 is 0 Å². The molecule has 0 fully saturated rings. The van der Waals surface area contributed by atoms with Gasteiger partial charge in [0.05, 0.1) is 12.2 Å². The van der Waals surface area contributed by atoms with Gasteiger partial charge in [0.2, 0.25) is 0 Å². The van der Waals surface area contributed by atoms with Crippen molar-refractivity contribution in [3.8, 4) is 0 Å². The third-order valence-electron chi connectivity index (χ3n) is 2.28. The molecule has 0 amide bonds. The quantitative estimate of drug-likeness (QED) is 0.801. The van der Waals surface area contributed by atoms with Gasteiger partial charge in [-0.2, -0.15) is 0 Å². The van der Waals surface area contributed by atoms with E-state index < -0.39 is 0 Å². The minimum atomic E-state index is 0.149. The summed E-state index contributed by atoms with van der Waals surface area (Å²) in [4.78, 5) is 0. The lowest BCUT2D eigenvalue weighted by molar-refractivity contribution is 0.00814. The Morgan fingerprint density at radius 3 is 2.27 bits per heavy atom. The predicted molar refractivity (Wildman–Crippen MR) is 64.1 cm³/mol. The van der Waals surface area contributed by atoms with Gasteiger partial charge in [0, 0.05) is 6.54 Å². The van der Waals surface area contributed by atoms with E-state index >= 15 is 0 Å². The Bertz CT molecular complexity index is 279. The van der Waals surface area contributed by atoms with Crippen molar-refractivity contribution >= 4 is 0 Å². The Labute approximate surface area is 92.6 Å². The van der Waals surface area contributed by atoms with Crippen molar-refractivity contribution in [2.75, 3.05) is 13.6 Å². The summed E-state index contributed by atoms with van der Waals surface area (Å²) in [6.07, 6.45) is 0.403. The Kier molecular flexibility index (Phi) is 4.79. The van der Waals surface area contributed by atoms with Crippen molar-refractivity contribution in [1.82, 2.24) is 5.32 Å². The molecule has 1 rings (SSSR count). The van der Waals surface area contributed by atoms with E-state index in [1.165, 1.54) is 11.1 Å². The van der Waals surface area contributed by atoms with Crippen molar-refractivity contribution in [3.05, 3.63) is 35.4 Å². The first-order chi connectivity index (χ1) is 7.13.